The Bertz CT molecular complexity index is 528. The van der Waals surface area contributed by atoms with Gasteiger partial charge in [0, 0.05) is 23.7 Å². The van der Waals surface area contributed by atoms with E-state index in [-0.39, 0.29) is 5.75 Å². The summed E-state index contributed by atoms with van der Waals surface area (Å²) in [4.78, 5) is 0. The number of nitrogens with one attached hydrogen (secondary N) is 1. The summed E-state index contributed by atoms with van der Waals surface area (Å²) in [6.45, 7) is 3.65. The molecule has 0 radical (unpaired) electrons. The molecule has 100 valence electrons. The van der Waals surface area contributed by atoms with Gasteiger partial charge in [-0.3, -0.25) is 0 Å². The molecular weight excluding hydrogens is 258 g/mol. The van der Waals surface area contributed by atoms with Crippen molar-refractivity contribution < 1.29 is 5.11 Å². The van der Waals surface area contributed by atoms with Gasteiger partial charge in [0.1, 0.15) is 5.75 Å². The zero-order valence-corrected chi connectivity index (χ0v) is 11.7. The first-order valence-corrected chi connectivity index (χ1v) is 6.77. The fourth-order valence-corrected chi connectivity index (χ4v) is 2.21. The van der Waals surface area contributed by atoms with Crippen molar-refractivity contribution in [3.05, 3.63) is 64.7 Å². The second-order valence-electron chi connectivity index (χ2n) is 4.72. The van der Waals surface area contributed by atoms with Gasteiger partial charge in [0.25, 0.3) is 0 Å². The highest BCUT2D eigenvalue weighted by atomic mass is 35.5. The average Bonchev–Trinajstić information content (AvgIpc) is 2.43. The molecule has 0 bridgehead atoms. The quantitative estimate of drug-likeness (QED) is 0.866. The van der Waals surface area contributed by atoms with Crippen molar-refractivity contribution in [3.63, 3.8) is 0 Å². The lowest BCUT2D eigenvalue weighted by Crippen LogP contribution is -2.19. The van der Waals surface area contributed by atoms with Crippen molar-refractivity contribution in [2.24, 2.45) is 0 Å². The molecule has 0 amide bonds. The van der Waals surface area contributed by atoms with E-state index in [1.807, 2.05) is 6.07 Å². The Hall–Kier alpha value is -1.51. The molecule has 2 rings (SSSR count). The predicted octanol–water partition coefficient (Wildman–Crippen LogP) is 3.94. The highest BCUT2D eigenvalue weighted by molar-refractivity contribution is 6.30. The number of hydrogen-bond acceptors (Lipinski definition) is 2. The van der Waals surface area contributed by atoms with E-state index in [1.165, 1.54) is 5.56 Å². The van der Waals surface area contributed by atoms with Crippen molar-refractivity contribution in [2.45, 2.75) is 19.4 Å². The maximum atomic E-state index is 9.72. The van der Waals surface area contributed by atoms with Crippen LogP contribution in [0, 0.1) is 0 Å². The standard InChI is InChI=1S/C16H18ClNO/c1-12(13-5-3-2-4-6-13)10-18-11-14-9-15(17)7-8-16(14)19/h2-9,12,18-19H,10-11H2,1H3. The van der Waals surface area contributed by atoms with Crippen molar-refractivity contribution in [3.8, 4) is 5.75 Å². The molecule has 0 saturated heterocycles. The molecule has 0 aliphatic rings. The Balaban J connectivity index is 1.88. The highest BCUT2D eigenvalue weighted by Crippen LogP contribution is 2.21. The predicted molar refractivity (Wildman–Crippen MR) is 79.7 cm³/mol. The topological polar surface area (TPSA) is 32.3 Å². The molecule has 0 aromatic heterocycles. The molecule has 0 saturated carbocycles. The van der Waals surface area contributed by atoms with Gasteiger partial charge in [-0.1, -0.05) is 48.9 Å². The number of phenols is 1. The van der Waals surface area contributed by atoms with Gasteiger partial charge in [-0.05, 0) is 29.7 Å². The first-order valence-electron chi connectivity index (χ1n) is 6.40. The summed E-state index contributed by atoms with van der Waals surface area (Å²) in [6.07, 6.45) is 0. The number of halogens is 1. The van der Waals surface area contributed by atoms with Crippen LogP contribution < -0.4 is 5.32 Å². The SMILES string of the molecule is CC(CNCc1cc(Cl)ccc1O)c1ccccc1. The van der Waals surface area contributed by atoms with Gasteiger partial charge in [0.05, 0.1) is 0 Å². The molecule has 19 heavy (non-hydrogen) atoms. The van der Waals surface area contributed by atoms with Crippen LogP contribution in [-0.4, -0.2) is 11.7 Å². The van der Waals surface area contributed by atoms with Gasteiger partial charge in [-0.25, -0.2) is 0 Å². The lowest BCUT2D eigenvalue weighted by Gasteiger charge is -2.13. The second kappa shape index (κ2) is 6.60. The van der Waals surface area contributed by atoms with Crippen LogP contribution >= 0.6 is 11.6 Å². The number of benzene rings is 2. The summed E-state index contributed by atoms with van der Waals surface area (Å²) in [5.74, 6) is 0.715. The van der Waals surface area contributed by atoms with Gasteiger partial charge >= 0.3 is 0 Å². The van der Waals surface area contributed by atoms with E-state index in [0.29, 0.717) is 17.5 Å². The van der Waals surface area contributed by atoms with Crippen LogP contribution in [-0.2, 0) is 6.54 Å². The minimum atomic E-state index is 0.282. The molecular formula is C16H18ClNO. The smallest absolute Gasteiger partial charge is 0.120 e. The zero-order valence-electron chi connectivity index (χ0n) is 10.9. The Morgan fingerprint density at radius 2 is 1.89 bits per heavy atom. The van der Waals surface area contributed by atoms with Gasteiger partial charge in [-0.2, -0.15) is 0 Å². The van der Waals surface area contributed by atoms with Gasteiger partial charge in [0.15, 0.2) is 0 Å². The molecule has 2 aromatic rings. The fraction of sp³-hybridized carbons (Fsp3) is 0.250. The largest absolute Gasteiger partial charge is 0.508 e. The molecule has 0 heterocycles. The molecule has 1 atom stereocenters. The van der Waals surface area contributed by atoms with Crippen LogP contribution in [0.3, 0.4) is 0 Å². The first-order chi connectivity index (χ1) is 9.16. The molecule has 3 heteroatoms. The zero-order chi connectivity index (χ0) is 13.7. The normalized spacial score (nSPS) is 12.3. The minimum absolute atomic E-state index is 0.282. The van der Waals surface area contributed by atoms with Crippen molar-refractivity contribution in [1.29, 1.82) is 0 Å². The molecule has 2 nitrogen and oxygen atoms in total. The summed E-state index contributed by atoms with van der Waals surface area (Å²) in [5, 5.41) is 13.7. The highest BCUT2D eigenvalue weighted by Gasteiger charge is 2.06. The lowest BCUT2D eigenvalue weighted by atomic mass is 10.0. The third-order valence-corrected chi connectivity index (χ3v) is 3.41. The van der Waals surface area contributed by atoms with E-state index < -0.39 is 0 Å². The van der Waals surface area contributed by atoms with E-state index in [2.05, 4.69) is 36.5 Å². The molecule has 0 spiro atoms. The van der Waals surface area contributed by atoms with Gasteiger partial charge < -0.3 is 10.4 Å². The van der Waals surface area contributed by atoms with Crippen LogP contribution in [0.4, 0.5) is 0 Å². The summed E-state index contributed by atoms with van der Waals surface area (Å²) >= 11 is 5.92. The van der Waals surface area contributed by atoms with Crippen LogP contribution in [0.25, 0.3) is 0 Å². The van der Waals surface area contributed by atoms with Crippen LogP contribution in [0.15, 0.2) is 48.5 Å². The summed E-state index contributed by atoms with van der Waals surface area (Å²) in [7, 11) is 0. The van der Waals surface area contributed by atoms with E-state index in [4.69, 9.17) is 11.6 Å². The van der Waals surface area contributed by atoms with Crippen molar-refractivity contribution in [2.75, 3.05) is 6.54 Å². The number of phenolic OH excluding ortho intramolecular Hbond substituents is 1. The lowest BCUT2D eigenvalue weighted by molar-refractivity contribution is 0.463. The van der Waals surface area contributed by atoms with E-state index >= 15 is 0 Å². The number of rotatable bonds is 5. The molecule has 0 aliphatic heterocycles. The average molecular weight is 276 g/mol. The van der Waals surface area contributed by atoms with Crippen LogP contribution in [0.1, 0.15) is 24.0 Å². The monoisotopic (exact) mass is 275 g/mol. The third kappa shape index (κ3) is 3.98. The van der Waals surface area contributed by atoms with Crippen molar-refractivity contribution >= 4 is 11.6 Å². The summed E-state index contributed by atoms with van der Waals surface area (Å²) in [5.41, 5.74) is 2.14. The van der Waals surface area contributed by atoms with Gasteiger partial charge in [0.2, 0.25) is 0 Å². The van der Waals surface area contributed by atoms with Crippen molar-refractivity contribution in [1.82, 2.24) is 5.32 Å². The van der Waals surface area contributed by atoms with E-state index in [0.717, 1.165) is 12.1 Å². The molecule has 2 aromatic carbocycles. The van der Waals surface area contributed by atoms with E-state index in [9.17, 15) is 5.11 Å². The Morgan fingerprint density at radius 3 is 2.63 bits per heavy atom. The fourth-order valence-electron chi connectivity index (χ4n) is 2.02. The molecule has 2 N–H and O–H groups in total. The Kier molecular flexibility index (Phi) is 4.83. The third-order valence-electron chi connectivity index (χ3n) is 3.18. The Morgan fingerprint density at radius 1 is 1.16 bits per heavy atom. The molecule has 0 aliphatic carbocycles. The second-order valence-corrected chi connectivity index (χ2v) is 5.15. The maximum Gasteiger partial charge on any atom is 0.120 e. The minimum Gasteiger partial charge on any atom is -0.508 e. The summed E-state index contributed by atoms with van der Waals surface area (Å²) < 4.78 is 0. The Labute approximate surface area is 119 Å². The molecule has 1 unspecified atom stereocenters. The van der Waals surface area contributed by atoms with E-state index in [1.54, 1.807) is 18.2 Å². The van der Waals surface area contributed by atoms with Crippen LogP contribution in [0.5, 0.6) is 5.75 Å². The summed E-state index contributed by atoms with van der Waals surface area (Å²) in [6, 6.07) is 15.5. The number of aromatic hydroxyl groups is 1. The first kappa shape index (κ1) is 13.9. The van der Waals surface area contributed by atoms with Gasteiger partial charge in [-0.15, -0.1) is 0 Å². The molecule has 0 fully saturated rings. The number of hydrogen-bond donors (Lipinski definition) is 2. The van der Waals surface area contributed by atoms with Crippen LogP contribution in [0.2, 0.25) is 5.02 Å². The maximum absolute atomic E-state index is 9.72.